The van der Waals surface area contributed by atoms with Gasteiger partial charge in [0.15, 0.2) is 0 Å². The average Bonchev–Trinajstić information content (AvgIpc) is 3.07. The summed E-state index contributed by atoms with van der Waals surface area (Å²) in [6.45, 7) is 7.05. The highest BCUT2D eigenvalue weighted by molar-refractivity contribution is 7.99. The molecule has 0 aliphatic carbocycles. The van der Waals surface area contributed by atoms with E-state index in [0.29, 0.717) is 17.8 Å². The number of fused-ring (bicyclic) bond motifs is 2. The predicted octanol–water partition coefficient (Wildman–Crippen LogP) is 5.76. The van der Waals surface area contributed by atoms with Crippen molar-refractivity contribution in [3.8, 4) is 0 Å². The van der Waals surface area contributed by atoms with E-state index in [1.807, 2.05) is 36.4 Å². The molecule has 5 nitrogen and oxygen atoms in total. The smallest absolute Gasteiger partial charge is 0.251 e. The van der Waals surface area contributed by atoms with Crippen LogP contribution in [0.25, 0.3) is 0 Å². The molecular formula is C29H31FN4OS. The third-order valence-electron chi connectivity index (χ3n) is 6.73. The van der Waals surface area contributed by atoms with Gasteiger partial charge in [-0.2, -0.15) is 0 Å². The Hall–Kier alpha value is -3.16. The fourth-order valence-electron chi connectivity index (χ4n) is 4.75. The summed E-state index contributed by atoms with van der Waals surface area (Å²) in [6, 6.07) is 21.1. The number of nitrogens with zero attached hydrogens (tertiary/aromatic N) is 3. The number of piperazine rings is 1. The lowest BCUT2D eigenvalue weighted by molar-refractivity contribution is 0.0951. The second kappa shape index (κ2) is 11.3. The van der Waals surface area contributed by atoms with E-state index in [4.69, 9.17) is 4.99 Å². The van der Waals surface area contributed by atoms with Crippen molar-refractivity contribution in [2.75, 3.05) is 44.2 Å². The zero-order valence-electron chi connectivity index (χ0n) is 20.5. The van der Waals surface area contributed by atoms with Gasteiger partial charge in [-0.05, 0) is 55.8 Å². The molecule has 0 bridgehead atoms. The van der Waals surface area contributed by atoms with Crippen molar-refractivity contribution in [1.82, 2.24) is 10.2 Å². The molecular weight excluding hydrogens is 471 g/mol. The van der Waals surface area contributed by atoms with Crippen molar-refractivity contribution in [2.45, 2.75) is 29.6 Å². The second-order valence-corrected chi connectivity index (χ2v) is 10.2. The van der Waals surface area contributed by atoms with Crippen molar-refractivity contribution in [3.05, 3.63) is 83.7 Å². The molecule has 0 aromatic heterocycles. The van der Waals surface area contributed by atoms with E-state index >= 15 is 0 Å². The fraction of sp³-hybridized carbons (Fsp3) is 0.310. The van der Waals surface area contributed by atoms with Crippen molar-refractivity contribution < 1.29 is 9.18 Å². The SMILES string of the molecule is CCC1=Nc2cc(C(=O)NCCCN3CCN(c4ccccc4F)CC3)ccc2Sc2ccccc21. The summed E-state index contributed by atoms with van der Waals surface area (Å²) >= 11 is 1.70. The molecule has 0 radical (unpaired) electrons. The van der Waals surface area contributed by atoms with E-state index in [1.165, 1.54) is 16.5 Å². The number of benzene rings is 3. The highest BCUT2D eigenvalue weighted by Gasteiger charge is 2.20. The van der Waals surface area contributed by atoms with Gasteiger partial charge in [0.05, 0.1) is 11.4 Å². The number of halogens is 1. The van der Waals surface area contributed by atoms with E-state index in [1.54, 1.807) is 17.8 Å². The van der Waals surface area contributed by atoms with Crippen LogP contribution in [0, 0.1) is 5.82 Å². The number of carbonyl (C=O) groups excluding carboxylic acids is 1. The molecule has 0 unspecified atom stereocenters. The molecule has 3 aromatic carbocycles. The Bertz CT molecular complexity index is 1270. The first kappa shape index (κ1) is 24.5. The lowest BCUT2D eigenvalue weighted by Gasteiger charge is -2.36. The van der Waals surface area contributed by atoms with E-state index in [9.17, 15) is 9.18 Å². The quantitative estimate of drug-likeness (QED) is 0.417. The van der Waals surface area contributed by atoms with Crippen LogP contribution in [-0.4, -0.2) is 55.8 Å². The Labute approximate surface area is 216 Å². The van der Waals surface area contributed by atoms with Crippen molar-refractivity contribution in [1.29, 1.82) is 0 Å². The van der Waals surface area contributed by atoms with Gasteiger partial charge in [0.25, 0.3) is 5.91 Å². The van der Waals surface area contributed by atoms with Gasteiger partial charge in [-0.15, -0.1) is 0 Å². The van der Waals surface area contributed by atoms with Crippen LogP contribution in [0.5, 0.6) is 0 Å². The van der Waals surface area contributed by atoms with Crippen LogP contribution in [0.1, 0.15) is 35.7 Å². The minimum atomic E-state index is -0.161. The zero-order chi connectivity index (χ0) is 24.9. The summed E-state index contributed by atoms with van der Waals surface area (Å²) in [5.74, 6) is -0.228. The van der Waals surface area contributed by atoms with E-state index in [0.717, 1.165) is 61.9 Å². The topological polar surface area (TPSA) is 47.9 Å². The van der Waals surface area contributed by atoms with Crippen LogP contribution in [0.3, 0.4) is 0 Å². The van der Waals surface area contributed by atoms with Gasteiger partial charge in [0.2, 0.25) is 0 Å². The maximum absolute atomic E-state index is 14.0. The Morgan fingerprint density at radius 2 is 1.78 bits per heavy atom. The van der Waals surface area contributed by atoms with Crippen LogP contribution >= 0.6 is 11.8 Å². The van der Waals surface area contributed by atoms with E-state index < -0.39 is 0 Å². The molecule has 2 heterocycles. The lowest BCUT2D eigenvalue weighted by Crippen LogP contribution is -2.47. The monoisotopic (exact) mass is 502 g/mol. The highest BCUT2D eigenvalue weighted by Crippen LogP contribution is 2.41. The summed E-state index contributed by atoms with van der Waals surface area (Å²) < 4.78 is 14.0. The minimum absolute atomic E-state index is 0.0674. The summed E-state index contributed by atoms with van der Waals surface area (Å²) in [6.07, 6.45) is 1.71. The molecule has 186 valence electrons. The maximum Gasteiger partial charge on any atom is 0.251 e. The summed E-state index contributed by atoms with van der Waals surface area (Å²) in [7, 11) is 0. The molecule has 5 rings (SSSR count). The summed E-state index contributed by atoms with van der Waals surface area (Å²) in [5, 5.41) is 3.06. The van der Waals surface area contributed by atoms with Crippen LogP contribution < -0.4 is 10.2 Å². The third kappa shape index (κ3) is 5.47. The van der Waals surface area contributed by atoms with Crippen LogP contribution in [0.4, 0.5) is 15.8 Å². The lowest BCUT2D eigenvalue weighted by atomic mass is 10.1. The molecule has 3 aromatic rings. The van der Waals surface area contributed by atoms with E-state index in [2.05, 4.69) is 40.2 Å². The largest absolute Gasteiger partial charge is 0.367 e. The first-order valence-electron chi connectivity index (χ1n) is 12.6. The Morgan fingerprint density at radius 1 is 1.00 bits per heavy atom. The van der Waals surface area contributed by atoms with E-state index in [-0.39, 0.29) is 11.7 Å². The standard InChI is InChI=1S/C29H31FN4OS/c1-2-24-22-8-3-6-11-27(22)36-28-13-12-21(20-25(28)32-24)29(35)31-14-7-15-33-16-18-34(19-17-33)26-10-5-4-9-23(26)30/h3-6,8-13,20H,2,7,14-19H2,1H3,(H,31,35). The molecule has 1 fully saturated rings. The predicted molar refractivity (Wildman–Crippen MR) is 145 cm³/mol. The first-order valence-corrected chi connectivity index (χ1v) is 13.4. The molecule has 2 aliphatic heterocycles. The maximum atomic E-state index is 14.0. The minimum Gasteiger partial charge on any atom is -0.367 e. The van der Waals surface area contributed by atoms with Crippen LogP contribution in [0.2, 0.25) is 0 Å². The van der Waals surface area contributed by atoms with Gasteiger partial charge in [-0.1, -0.05) is 49.0 Å². The Balaban J connectivity index is 1.12. The molecule has 1 amide bonds. The number of anilines is 1. The summed E-state index contributed by atoms with van der Waals surface area (Å²) in [5.41, 5.74) is 4.39. The number of aliphatic imine (C=N–C) groups is 1. The van der Waals surface area contributed by atoms with Gasteiger partial charge in [-0.3, -0.25) is 14.7 Å². The molecule has 1 saturated heterocycles. The number of carbonyl (C=O) groups is 1. The Kier molecular flexibility index (Phi) is 7.68. The zero-order valence-corrected chi connectivity index (χ0v) is 21.4. The molecule has 0 saturated carbocycles. The van der Waals surface area contributed by atoms with Gasteiger partial charge >= 0.3 is 0 Å². The van der Waals surface area contributed by atoms with Gasteiger partial charge in [0, 0.05) is 59.4 Å². The number of para-hydroxylation sites is 1. The first-order chi connectivity index (χ1) is 17.6. The number of hydrogen-bond acceptors (Lipinski definition) is 5. The number of amides is 1. The van der Waals surface area contributed by atoms with Crippen molar-refractivity contribution in [3.63, 3.8) is 0 Å². The normalized spacial score (nSPS) is 15.5. The molecule has 1 N–H and O–H groups in total. The van der Waals surface area contributed by atoms with Gasteiger partial charge in [0.1, 0.15) is 5.82 Å². The average molecular weight is 503 g/mol. The van der Waals surface area contributed by atoms with Gasteiger partial charge in [-0.25, -0.2) is 4.39 Å². The van der Waals surface area contributed by atoms with Crippen LogP contribution in [0.15, 0.2) is 81.5 Å². The highest BCUT2D eigenvalue weighted by atomic mass is 32.2. The molecule has 2 aliphatic rings. The number of nitrogens with one attached hydrogen (secondary N) is 1. The Morgan fingerprint density at radius 3 is 2.58 bits per heavy atom. The van der Waals surface area contributed by atoms with Gasteiger partial charge < -0.3 is 10.2 Å². The summed E-state index contributed by atoms with van der Waals surface area (Å²) in [4.78, 5) is 24.5. The fourth-order valence-corrected chi connectivity index (χ4v) is 5.77. The number of hydrogen-bond donors (Lipinski definition) is 1. The molecule has 0 atom stereocenters. The van der Waals surface area contributed by atoms with Crippen molar-refractivity contribution >= 4 is 34.8 Å². The molecule has 36 heavy (non-hydrogen) atoms. The van der Waals surface area contributed by atoms with Crippen LogP contribution in [-0.2, 0) is 0 Å². The molecule has 7 heteroatoms. The molecule has 0 spiro atoms. The third-order valence-corrected chi connectivity index (χ3v) is 7.87. The second-order valence-electron chi connectivity index (χ2n) is 9.08. The van der Waals surface area contributed by atoms with Crippen molar-refractivity contribution in [2.24, 2.45) is 4.99 Å². The number of rotatable bonds is 7.